The summed E-state index contributed by atoms with van der Waals surface area (Å²) in [5.41, 5.74) is 6.64. The second-order valence-electron chi connectivity index (χ2n) is 6.03. The molecule has 0 amide bonds. The van der Waals surface area contributed by atoms with E-state index in [9.17, 15) is 0 Å². The highest BCUT2D eigenvalue weighted by molar-refractivity contribution is 6.33. The van der Waals surface area contributed by atoms with E-state index in [0.29, 0.717) is 0 Å². The topological polar surface area (TPSA) is 12.0 Å². The number of anilines is 1. The van der Waals surface area contributed by atoms with E-state index in [1.165, 1.54) is 47.9 Å². The van der Waals surface area contributed by atoms with Gasteiger partial charge in [-0.15, -0.1) is 0 Å². The number of fused-ring (bicyclic) bond motifs is 1. The highest BCUT2D eigenvalue weighted by Crippen LogP contribution is 2.31. The Morgan fingerprint density at radius 3 is 2.57 bits per heavy atom. The molecule has 2 heteroatoms. The molecule has 110 valence electrons. The highest BCUT2D eigenvalue weighted by atomic mass is 35.5. The molecule has 0 aromatic heterocycles. The number of hydrogen-bond acceptors (Lipinski definition) is 1. The number of aryl methyl sites for hydroxylation is 3. The van der Waals surface area contributed by atoms with E-state index in [1.54, 1.807) is 0 Å². The zero-order valence-corrected chi connectivity index (χ0v) is 13.5. The Hall–Kier alpha value is -1.47. The molecule has 1 aliphatic carbocycles. The molecule has 1 atom stereocenters. The predicted octanol–water partition coefficient (Wildman–Crippen LogP) is 5.70. The minimum Gasteiger partial charge on any atom is -0.377 e. The van der Waals surface area contributed by atoms with Gasteiger partial charge in [-0.1, -0.05) is 41.9 Å². The van der Waals surface area contributed by atoms with Gasteiger partial charge < -0.3 is 5.32 Å². The zero-order valence-electron chi connectivity index (χ0n) is 12.7. The lowest BCUT2D eigenvalue weighted by Crippen LogP contribution is -2.10. The molecular weight excluding hydrogens is 278 g/mol. The SMILES string of the molecule is Cc1cccc(Cl)c1NC(C)c1ccc2c(c1)CCCC2. The fourth-order valence-electron chi connectivity index (χ4n) is 3.14. The molecule has 1 aliphatic rings. The second kappa shape index (κ2) is 6.11. The van der Waals surface area contributed by atoms with Gasteiger partial charge in [0.15, 0.2) is 0 Å². The summed E-state index contributed by atoms with van der Waals surface area (Å²) in [5.74, 6) is 0. The second-order valence-corrected chi connectivity index (χ2v) is 6.44. The first-order valence-corrected chi connectivity index (χ1v) is 8.16. The summed E-state index contributed by atoms with van der Waals surface area (Å²) in [6.07, 6.45) is 5.11. The van der Waals surface area contributed by atoms with E-state index in [-0.39, 0.29) is 6.04 Å². The Morgan fingerprint density at radius 1 is 1.05 bits per heavy atom. The molecule has 3 rings (SSSR count). The molecule has 1 N–H and O–H groups in total. The molecule has 1 nitrogen and oxygen atoms in total. The van der Waals surface area contributed by atoms with Gasteiger partial charge in [0.25, 0.3) is 0 Å². The summed E-state index contributed by atoms with van der Waals surface area (Å²) in [5, 5.41) is 4.36. The van der Waals surface area contributed by atoms with E-state index in [2.05, 4.69) is 43.4 Å². The smallest absolute Gasteiger partial charge is 0.0640 e. The fraction of sp³-hybridized carbons (Fsp3) is 0.368. The van der Waals surface area contributed by atoms with Crippen molar-refractivity contribution in [3.05, 3.63) is 63.7 Å². The van der Waals surface area contributed by atoms with Gasteiger partial charge in [0.05, 0.1) is 10.7 Å². The van der Waals surface area contributed by atoms with Crippen molar-refractivity contribution in [1.82, 2.24) is 0 Å². The Labute approximate surface area is 132 Å². The van der Waals surface area contributed by atoms with Gasteiger partial charge in [-0.2, -0.15) is 0 Å². The maximum absolute atomic E-state index is 6.31. The van der Waals surface area contributed by atoms with E-state index < -0.39 is 0 Å². The molecule has 0 heterocycles. The van der Waals surface area contributed by atoms with Crippen molar-refractivity contribution in [1.29, 1.82) is 0 Å². The third-order valence-corrected chi connectivity index (χ3v) is 4.77. The average Bonchev–Trinajstić information content (AvgIpc) is 2.50. The molecule has 0 fully saturated rings. The lowest BCUT2D eigenvalue weighted by Gasteiger charge is -2.22. The number of halogens is 1. The lowest BCUT2D eigenvalue weighted by atomic mass is 9.89. The van der Waals surface area contributed by atoms with E-state index in [4.69, 9.17) is 11.6 Å². The van der Waals surface area contributed by atoms with Crippen LogP contribution in [0.15, 0.2) is 36.4 Å². The summed E-state index contributed by atoms with van der Waals surface area (Å²) in [4.78, 5) is 0. The number of para-hydroxylation sites is 1. The molecule has 2 aromatic carbocycles. The average molecular weight is 300 g/mol. The molecule has 0 aliphatic heterocycles. The highest BCUT2D eigenvalue weighted by Gasteiger charge is 2.13. The number of hydrogen-bond donors (Lipinski definition) is 1. The van der Waals surface area contributed by atoms with Crippen LogP contribution in [0.4, 0.5) is 5.69 Å². The minimum atomic E-state index is 0.260. The van der Waals surface area contributed by atoms with Gasteiger partial charge in [0.2, 0.25) is 0 Å². The van der Waals surface area contributed by atoms with Crippen LogP contribution in [0, 0.1) is 6.92 Å². The number of nitrogens with one attached hydrogen (secondary N) is 1. The zero-order chi connectivity index (χ0) is 14.8. The first kappa shape index (κ1) is 14.5. The number of benzene rings is 2. The molecule has 1 unspecified atom stereocenters. The monoisotopic (exact) mass is 299 g/mol. The third-order valence-electron chi connectivity index (χ3n) is 4.46. The van der Waals surface area contributed by atoms with Gasteiger partial charge >= 0.3 is 0 Å². The van der Waals surface area contributed by atoms with Crippen LogP contribution in [0.3, 0.4) is 0 Å². The molecule has 21 heavy (non-hydrogen) atoms. The maximum Gasteiger partial charge on any atom is 0.0640 e. The van der Waals surface area contributed by atoms with E-state index in [0.717, 1.165) is 10.7 Å². The van der Waals surface area contributed by atoms with Gasteiger partial charge in [0, 0.05) is 6.04 Å². The van der Waals surface area contributed by atoms with Crippen molar-refractivity contribution < 1.29 is 0 Å². The summed E-state index contributed by atoms with van der Waals surface area (Å²) in [6, 6.07) is 13.2. The van der Waals surface area contributed by atoms with Gasteiger partial charge in [-0.05, 0) is 67.9 Å². The number of rotatable bonds is 3. The summed E-state index contributed by atoms with van der Waals surface area (Å²) < 4.78 is 0. The van der Waals surface area contributed by atoms with Crippen molar-refractivity contribution in [2.45, 2.75) is 45.6 Å². The van der Waals surface area contributed by atoms with Crippen LogP contribution in [0.25, 0.3) is 0 Å². The maximum atomic E-state index is 6.31. The molecule has 0 spiro atoms. The third kappa shape index (κ3) is 3.08. The standard InChI is InChI=1S/C19H22ClN/c1-13-6-5-9-18(20)19(13)21-14(2)16-11-10-15-7-3-4-8-17(15)12-16/h5-6,9-12,14,21H,3-4,7-8H2,1-2H3. The van der Waals surface area contributed by atoms with Crippen LogP contribution in [0.5, 0.6) is 0 Å². The van der Waals surface area contributed by atoms with Crippen molar-refractivity contribution in [3.63, 3.8) is 0 Å². The molecule has 0 saturated heterocycles. The Kier molecular flexibility index (Phi) is 4.21. The van der Waals surface area contributed by atoms with Gasteiger partial charge in [0.1, 0.15) is 0 Å². The molecule has 0 bridgehead atoms. The van der Waals surface area contributed by atoms with Crippen LogP contribution in [0.2, 0.25) is 5.02 Å². The van der Waals surface area contributed by atoms with Crippen molar-refractivity contribution in [2.24, 2.45) is 0 Å². The Morgan fingerprint density at radius 2 is 1.81 bits per heavy atom. The summed E-state index contributed by atoms with van der Waals surface area (Å²) in [6.45, 7) is 4.29. The van der Waals surface area contributed by atoms with Crippen LogP contribution >= 0.6 is 11.6 Å². The van der Waals surface area contributed by atoms with Crippen LogP contribution in [0.1, 0.15) is 48.1 Å². The Balaban J connectivity index is 1.84. The lowest BCUT2D eigenvalue weighted by molar-refractivity contribution is 0.683. The van der Waals surface area contributed by atoms with Gasteiger partial charge in [-0.25, -0.2) is 0 Å². The molecule has 2 aromatic rings. The predicted molar refractivity (Wildman–Crippen MR) is 91.3 cm³/mol. The minimum absolute atomic E-state index is 0.260. The van der Waals surface area contributed by atoms with Crippen molar-refractivity contribution in [2.75, 3.05) is 5.32 Å². The van der Waals surface area contributed by atoms with E-state index >= 15 is 0 Å². The summed E-state index contributed by atoms with van der Waals surface area (Å²) >= 11 is 6.31. The van der Waals surface area contributed by atoms with E-state index in [1.807, 2.05) is 12.1 Å². The normalized spacial score (nSPS) is 15.4. The van der Waals surface area contributed by atoms with Crippen molar-refractivity contribution >= 4 is 17.3 Å². The molecule has 0 radical (unpaired) electrons. The van der Waals surface area contributed by atoms with Crippen LogP contribution in [-0.2, 0) is 12.8 Å². The molecular formula is C19H22ClN. The molecule has 0 saturated carbocycles. The largest absolute Gasteiger partial charge is 0.377 e. The fourth-order valence-corrected chi connectivity index (χ4v) is 3.41. The van der Waals surface area contributed by atoms with Crippen molar-refractivity contribution in [3.8, 4) is 0 Å². The Bertz CT molecular complexity index is 628. The summed E-state index contributed by atoms with van der Waals surface area (Å²) in [7, 11) is 0. The van der Waals surface area contributed by atoms with Crippen LogP contribution in [-0.4, -0.2) is 0 Å². The van der Waals surface area contributed by atoms with Gasteiger partial charge in [-0.3, -0.25) is 0 Å². The first-order chi connectivity index (χ1) is 10.1. The quantitative estimate of drug-likeness (QED) is 0.766. The van der Waals surface area contributed by atoms with Crippen LogP contribution < -0.4 is 5.32 Å². The first-order valence-electron chi connectivity index (χ1n) is 7.78.